The molecule has 4 atom stereocenters. The van der Waals surface area contributed by atoms with E-state index in [2.05, 4.69) is 10.2 Å². The maximum Gasteiger partial charge on any atom is 0.380 e. The lowest BCUT2D eigenvalue weighted by Gasteiger charge is -2.30. The van der Waals surface area contributed by atoms with Gasteiger partial charge in [-0.1, -0.05) is 31.7 Å². The van der Waals surface area contributed by atoms with Crippen LogP contribution in [0.25, 0.3) is 20.9 Å². The van der Waals surface area contributed by atoms with Crippen LogP contribution in [-0.2, 0) is 21.4 Å². The number of aliphatic hydroxyl groups is 2. The summed E-state index contributed by atoms with van der Waals surface area (Å²) in [6.07, 6.45) is 1.75. The van der Waals surface area contributed by atoms with Gasteiger partial charge in [0.2, 0.25) is 0 Å². The summed E-state index contributed by atoms with van der Waals surface area (Å²) in [4.78, 5) is 27.4. The van der Waals surface area contributed by atoms with E-state index in [0.29, 0.717) is 76.4 Å². The first kappa shape index (κ1) is 59.3. The van der Waals surface area contributed by atoms with Crippen LogP contribution in [0.2, 0.25) is 0 Å². The summed E-state index contributed by atoms with van der Waals surface area (Å²) >= 11 is 1.40. The number of halogens is 8. The Morgan fingerprint density at radius 1 is 0.590 bits per heavy atom. The lowest BCUT2D eigenvalue weighted by Crippen LogP contribution is -2.50. The number of hydrogen-bond acceptors (Lipinski definition) is 13. The number of benzene rings is 4. The number of carboxylic acids is 1. The van der Waals surface area contributed by atoms with Gasteiger partial charge in [-0.05, 0) is 147 Å². The molecule has 6 N–H and O–H groups in total. The van der Waals surface area contributed by atoms with E-state index >= 15 is 8.78 Å². The predicted octanol–water partition coefficient (Wildman–Crippen LogP) is 10.3. The fourth-order valence-electron chi connectivity index (χ4n) is 8.94. The Bertz CT molecular complexity index is 2970. The number of alkyl halides is 4. The first-order chi connectivity index (χ1) is 36.8. The van der Waals surface area contributed by atoms with Crippen LogP contribution < -0.4 is 30.0 Å². The highest BCUT2D eigenvalue weighted by molar-refractivity contribution is 7.16. The van der Waals surface area contributed by atoms with E-state index in [1.165, 1.54) is 85.6 Å². The Labute approximate surface area is 452 Å². The van der Waals surface area contributed by atoms with Crippen LogP contribution in [-0.4, -0.2) is 115 Å². The molecule has 2 fully saturated rings. The molecule has 0 spiro atoms. The van der Waals surface area contributed by atoms with Crippen LogP contribution in [0.3, 0.4) is 0 Å². The second-order valence-electron chi connectivity index (χ2n) is 18.5. The molecule has 0 aliphatic carbocycles. The topological polar surface area (TPSA) is 176 Å². The highest BCUT2D eigenvalue weighted by Crippen LogP contribution is 2.41. The van der Waals surface area contributed by atoms with Gasteiger partial charge in [-0.15, -0.1) is 22.7 Å². The average molecular weight is 1140 g/mol. The molecule has 0 saturated carbocycles. The molecule has 4 aliphatic heterocycles. The Balaban J connectivity index is 0.000000186. The third-order valence-electron chi connectivity index (χ3n) is 13.0. The number of thiophene rings is 2. The molecule has 1 amide bonds. The molecule has 78 heavy (non-hydrogen) atoms. The maximum absolute atomic E-state index is 15.3. The summed E-state index contributed by atoms with van der Waals surface area (Å²) < 4.78 is 133. The number of carbonyl (C=O) groups excluding carboxylic acids is 1. The summed E-state index contributed by atoms with van der Waals surface area (Å²) in [5.74, 6) is -13.2. The van der Waals surface area contributed by atoms with E-state index in [1.807, 2.05) is 4.90 Å². The summed E-state index contributed by atoms with van der Waals surface area (Å²) in [5.41, 5.74) is 7.69. The van der Waals surface area contributed by atoms with Crippen molar-refractivity contribution in [3.05, 3.63) is 141 Å². The molecule has 6 heterocycles. The quantitative estimate of drug-likeness (QED) is 0.0617. The van der Waals surface area contributed by atoms with Gasteiger partial charge in [-0.3, -0.25) is 4.79 Å². The number of nitrogens with one attached hydrogen (secondary N) is 1. The second kappa shape index (κ2) is 26.1. The number of fused-ring (bicyclic) bond motifs is 2. The average Bonchev–Trinajstić information content (AvgIpc) is 4.32. The van der Waals surface area contributed by atoms with Crippen molar-refractivity contribution in [1.29, 1.82) is 0 Å². The molecular formula is C55H58F8N4O9S2. The number of nitrogens with two attached hydrogens (primary N) is 1. The Morgan fingerprint density at radius 3 is 1.45 bits per heavy atom. The van der Waals surface area contributed by atoms with Gasteiger partial charge in [0, 0.05) is 28.9 Å². The predicted molar refractivity (Wildman–Crippen MR) is 278 cm³/mol. The number of aliphatic hydroxyl groups excluding tert-OH is 2. The molecule has 6 aromatic rings. The molecule has 23 heteroatoms. The summed E-state index contributed by atoms with van der Waals surface area (Å²) in [6, 6.07) is 19.5. The molecule has 0 bridgehead atoms. The number of amides is 1. The van der Waals surface area contributed by atoms with E-state index in [0.717, 1.165) is 55.5 Å². The first-order valence-electron chi connectivity index (χ1n) is 24.6. The van der Waals surface area contributed by atoms with Crippen LogP contribution in [0.4, 0.5) is 35.1 Å². The molecule has 2 saturated heterocycles. The Hall–Kier alpha value is -6.34. The van der Waals surface area contributed by atoms with E-state index < -0.39 is 81.0 Å². The largest absolute Gasteiger partial charge is 0.486 e. The van der Waals surface area contributed by atoms with Crippen LogP contribution in [0, 0.1) is 23.3 Å². The molecule has 13 nitrogen and oxygen atoms in total. The van der Waals surface area contributed by atoms with Gasteiger partial charge in [-0.2, -0.15) is 17.6 Å². The molecule has 0 unspecified atom stereocenters. The normalized spacial score (nSPS) is 16.8. The number of likely N-dealkylation sites (tertiary alicyclic amines) is 2. The van der Waals surface area contributed by atoms with Crippen LogP contribution in [0.5, 0.6) is 23.0 Å². The third kappa shape index (κ3) is 14.3. The number of rotatable bonds is 15. The van der Waals surface area contributed by atoms with Gasteiger partial charge in [0.1, 0.15) is 44.2 Å². The Morgan fingerprint density at radius 2 is 1.00 bits per heavy atom. The van der Waals surface area contributed by atoms with Crippen LogP contribution >= 0.6 is 22.7 Å². The third-order valence-corrected chi connectivity index (χ3v) is 15.4. The van der Waals surface area contributed by atoms with Crippen LogP contribution in [0.15, 0.2) is 97.1 Å². The Kier molecular flexibility index (Phi) is 19.8. The van der Waals surface area contributed by atoms with Gasteiger partial charge in [0.15, 0.2) is 34.6 Å². The van der Waals surface area contributed by atoms with E-state index in [-0.39, 0.29) is 50.0 Å². The number of nitrogens with zero attached hydrogens (tertiary/aromatic N) is 2. The van der Waals surface area contributed by atoms with Gasteiger partial charge in [0.05, 0.1) is 21.9 Å². The number of carbonyl (C=O) groups is 2. The van der Waals surface area contributed by atoms with Crippen molar-refractivity contribution in [3.63, 3.8) is 0 Å². The maximum atomic E-state index is 15.3. The molecule has 4 aliphatic rings. The van der Waals surface area contributed by atoms with Gasteiger partial charge >= 0.3 is 17.8 Å². The van der Waals surface area contributed by atoms with Gasteiger partial charge in [-0.25, -0.2) is 22.4 Å². The zero-order valence-corrected chi connectivity index (χ0v) is 42.7. The second-order valence-corrected chi connectivity index (χ2v) is 20.7. The van der Waals surface area contributed by atoms with Crippen molar-refractivity contribution in [2.24, 2.45) is 5.73 Å². The molecule has 10 rings (SSSR count). The van der Waals surface area contributed by atoms with Crippen molar-refractivity contribution in [2.75, 3.05) is 65.7 Å². The number of carboxylic acid groups (broad SMARTS) is 1. The van der Waals surface area contributed by atoms with Crippen molar-refractivity contribution in [1.82, 2.24) is 15.1 Å². The lowest BCUT2D eigenvalue weighted by atomic mass is 10.00. The lowest BCUT2D eigenvalue weighted by molar-refractivity contribution is -0.165. The summed E-state index contributed by atoms with van der Waals surface area (Å²) in [7, 11) is 0. The molecule has 4 aromatic carbocycles. The minimum Gasteiger partial charge on any atom is -0.486 e. The van der Waals surface area contributed by atoms with Crippen molar-refractivity contribution < 1.29 is 79.0 Å². The molecule has 2 aromatic heterocycles. The fraction of sp³-hybridized carbons (Fsp3) is 0.382. The smallest absolute Gasteiger partial charge is 0.380 e. The minimum atomic E-state index is -3.90. The monoisotopic (exact) mass is 1130 g/mol. The number of ether oxygens (including phenoxy) is 4. The van der Waals surface area contributed by atoms with E-state index in [9.17, 15) is 46.1 Å². The van der Waals surface area contributed by atoms with Crippen LogP contribution in [0.1, 0.15) is 66.2 Å². The fourth-order valence-corrected chi connectivity index (χ4v) is 10.9. The number of aliphatic carboxylic acids is 1. The summed E-state index contributed by atoms with van der Waals surface area (Å²) in [5, 5.41) is 32.2. The minimum absolute atomic E-state index is 0. The summed E-state index contributed by atoms with van der Waals surface area (Å²) in [6.45, 7) is 5.21. The van der Waals surface area contributed by atoms with Crippen molar-refractivity contribution in [3.8, 4) is 43.9 Å². The molecule has 420 valence electrons. The molecular weight excluding hydrogens is 1080 g/mol. The van der Waals surface area contributed by atoms with Crippen molar-refractivity contribution in [2.45, 2.75) is 69.2 Å². The highest BCUT2D eigenvalue weighted by Gasteiger charge is 2.45. The zero-order valence-electron chi connectivity index (χ0n) is 41.0. The van der Waals surface area contributed by atoms with E-state index in [1.54, 1.807) is 6.07 Å². The molecule has 0 radical (unpaired) electrons. The standard InChI is InChI=1S/C27H26F4N2O4S.C15H21FN2O3.C12H7F3O2S.CH4/c28-18-5-3-16(4-6-18)22-7-8-23(38-22)27(30,31)26(35)32-20(15-33-9-1-2-10-33)24(34)17-13-19(29)25-21(14-17)36-11-12-37-25;16-11-7-10(8-13-15(11)21-6-5-20-13)14(19)12(17)9-18-3-1-2-4-18;13-8-3-1-7(2-4-8)9-5-6-10(18-9)12(14,15)11(16)17;/h3-8,13-14,20,24,34H,1-2,9-12,15H2,(H,32,35);7-8,12,14,19H,1-6,9,17H2;1-6H,(H,16,17);1H4/t20-,24-;12-,14-;;/m11../s1. The zero-order chi connectivity index (χ0) is 55.0. The highest BCUT2D eigenvalue weighted by atomic mass is 32.1. The van der Waals surface area contributed by atoms with Crippen molar-refractivity contribution >= 4 is 34.6 Å². The van der Waals surface area contributed by atoms with Gasteiger partial charge < -0.3 is 55.1 Å². The first-order valence-corrected chi connectivity index (χ1v) is 26.2. The van der Waals surface area contributed by atoms with E-state index in [4.69, 9.17) is 29.8 Å². The SMILES string of the molecule is C.N[C@H](CN1CCCC1)[C@H](O)c1cc(F)c2c(c1)OCCO2.O=C(N[C@H](CN1CCCC1)[C@H](O)c1cc(F)c2c(c1)OCCO2)C(F)(F)c1ccc(-c2ccc(F)cc2)s1.O=C(O)C(F)(F)c1ccc(-c2ccc(F)cc2)s1. The van der Waals surface area contributed by atoms with Gasteiger partial charge in [0.25, 0.3) is 5.91 Å². The number of hydrogen-bond donors (Lipinski definition) is 5.